The summed E-state index contributed by atoms with van der Waals surface area (Å²) in [5, 5.41) is -0.0496. The van der Waals surface area contributed by atoms with Gasteiger partial charge < -0.3 is 4.74 Å². The lowest BCUT2D eigenvalue weighted by atomic mass is 9.97. The predicted molar refractivity (Wildman–Crippen MR) is 44.2 cm³/mol. The summed E-state index contributed by atoms with van der Waals surface area (Å²) in [4.78, 5) is 10.3. The van der Waals surface area contributed by atoms with Gasteiger partial charge in [0, 0.05) is 11.6 Å². The highest BCUT2D eigenvalue weighted by Crippen LogP contribution is 2.25. The Morgan fingerprint density at radius 1 is 1.36 bits per heavy atom. The number of ether oxygens (including phenoxy) is 1. The van der Waals surface area contributed by atoms with E-state index in [1.54, 1.807) is 0 Å². The van der Waals surface area contributed by atoms with Gasteiger partial charge in [-0.3, -0.25) is 0 Å². The van der Waals surface area contributed by atoms with Gasteiger partial charge in [-0.05, 0) is 19.3 Å². The van der Waals surface area contributed by atoms with Crippen molar-refractivity contribution in [1.29, 1.82) is 0 Å². The van der Waals surface area contributed by atoms with E-state index < -0.39 is 5.43 Å². The van der Waals surface area contributed by atoms with Crippen molar-refractivity contribution in [3.05, 3.63) is 0 Å². The molecule has 1 saturated carbocycles. The first-order valence-corrected chi connectivity index (χ1v) is 4.52. The lowest BCUT2D eigenvalue weighted by Crippen LogP contribution is -2.28. The minimum absolute atomic E-state index is 0.0496. The van der Waals surface area contributed by atoms with Crippen LogP contribution in [0, 0.1) is 0 Å². The molecule has 0 heterocycles. The highest BCUT2D eigenvalue weighted by molar-refractivity contribution is 6.61. The Kier molecular flexibility index (Phi) is 3.46. The first kappa shape index (κ1) is 9.14. The van der Waals surface area contributed by atoms with Crippen molar-refractivity contribution in [2.45, 2.75) is 37.2 Å². The molecule has 0 spiro atoms. The summed E-state index contributed by atoms with van der Waals surface area (Å²) >= 11 is 10.9. The van der Waals surface area contributed by atoms with Crippen molar-refractivity contribution in [2.75, 3.05) is 0 Å². The van der Waals surface area contributed by atoms with Gasteiger partial charge in [-0.2, -0.15) is 0 Å². The first-order valence-electron chi connectivity index (χ1n) is 3.70. The lowest BCUT2D eigenvalue weighted by molar-refractivity contribution is 0.0982. The van der Waals surface area contributed by atoms with Crippen molar-refractivity contribution in [1.82, 2.24) is 0 Å². The number of carbonyl (C=O) groups excluding carboxylic acids is 1. The van der Waals surface area contributed by atoms with E-state index in [9.17, 15) is 4.79 Å². The predicted octanol–water partition coefficient (Wildman–Crippen LogP) is 2.91. The Balaban J connectivity index is 2.35. The zero-order valence-electron chi connectivity index (χ0n) is 6.06. The Bertz CT molecular complexity index is 149. The van der Waals surface area contributed by atoms with Crippen molar-refractivity contribution in [3.8, 4) is 0 Å². The Morgan fingerprint density at radius 2 is 2.00 bits per heavy atom. The van der Waals surface area contributed by atoms with E-state index in [2.05, 4.69) is 0 Å². The average Bonchev–Trinajstić information content (AvgIpc) is 1.93. The second-order valence-electron chi connectivity index (χ2n) is 2.69. The summed E-state index contributed by atoms with van der Waals surface area (Å²) in [5.41, 5.74) is -0.748. The quantitative estimate of drug-likeness (QED) is 0.477. The van der Waals surface area contributed by atoms with E-state index in [-0.39, 0.29) is 11.5 Å². The molecule has 0 aromatic rings. The van der Waals surface area contributed by atoms with Crippen LogP contribution in [0.15, 0.2) is 0 Å². The molecule has 0 saturated heterocycles. The SMILES string of the molecule is O=C(Cl)O[C@@H]1CCCC[C@H]1Cl. The molecule has 0 amide bonds. The highest BCUT2D eigenvalue weighted by Gasteiger charge is 2.25. The number of hydrogen-bond donors (Lipinski definition) is 0. The van der Waals surface area contributed by atoms with Crippen molar-refractivity contribution < 1.29 is 9.53 Å². The summed E-state index contributed by atoms with van der Waals surface area (Å²) in [6.07, 6.45) is 3.77. The Hall–Kier alpha value is 0.0500. The molecule has 1 aliphatic rings. The summed E-state index contributed by atoms with van der Waals surface area (Å²) < 4.78 is 4.80. The molecule has 0 radical (unpaired) electrons. The van der Waals surface area contributed by atoms with Crippen LogP contribution in [-0.2, 0) is 4.74 Å². The van der Waals surface area contributed by atoms with Gasteiger partial charge in [0.15, 0.2) is 0 Å². The van der Waals surface area contributed by atoms with Gasteiger partial charge in [-0.25, -0.2) is 4.79 Å². The van der Waals surface area contributed by atoms with E-state index in [4.69, 9.17) is 27.9 Å². The van der Waals surface area contributed by atoms with Crippen LogP contribution in [0.2, 0.25) is 0 Å². The van der Waals surface area contributed by atoms with Crippen LogP contribution in [0.4, 0.5) is 4.79 Å². The molecular formula is C7H10Cl2O2. The minimum Gasteiger partial charge on any atom is -0.449 e. The zero-order valence-corrected chi connectivity index (χ0v) is 7.57. The molecule has 0 aliphatic heterocycles. The second kappa shape index (κ2) is 4.17. The minimum atomic E-state index is -0.748. The van der Waals surface area contributed by atoms with Crippen LogP contribution in [0.25, 0.3) is 0 Å². The Morgan fingerprint density at radius 3 is 2.55 bits per heavy atom. The maximum absolute atomic E-state index is 10.3. The van der Waals surface area contributed by atoms with Crippen molar-refractivity contribution >= 4 is 28.6 Å². The van der Waals surface area contributed by atoms with Gasteiger partial charge in [-0.15, -0.1) is 11.6 Å². The largest absolute Gasteiger partial charge is 0.449 e. The summed E-state index contributed by atoms with van der Waals surface area (Å²) in [7, 11) is 0. The normalized spacial score (nSPS) is 31.5. The molecule has 0 N–H and O–H groups in total. The van der Waals surface area contributed by atoms with Gasteiger partial charge in [0.2, 0.25) is 0 Å². The van der Waals surface area contributed by atoms with Gasteiger partial charge in [-0.1, -0.05) is 6.42 Å². The third kappa shape index (κ3) is 2.88. The van der Waals surface area contributed by atoms with Gasteiger partial charge in [0.05, 0.1) is 5.38 Å². The number of rotatable bonds is 1. The fourth-order valence-electron chi connectivity index (χ4n) is 1.30. The van der Waals surface area contributed by atoms with Crippen LogP contribution in [-0.4, -0.2) is 16.9 Å². The summed E-state index contributed by atoms with van der Waals surface area (Å²) in [6.45, 7) is 0. The first-order chi connectivity index (χ1) is 5.20. The van der Waals surface area contributed by atoms with E-state index in [0.29, 0.717) is 0 Å². The van der Waals surface area contributed by atoms with Crippen LogP contribution >= 0.6 is 23.2 Å². The molecule has 1 aliphatic carbocycles. The maximum atomic E-state index is 10.3. The molecule has 0 bridgehead atoms. The highest BCUT2D eigenvalue weighted by atomic mass is 35.5. The fourth-order valence-corrected chi connectivity index (χ4v) is 1.75. The monoisotopic (exact) mass is 196 g/mol. The van der Waals surface area contributed by atoms with Crippen LogP contribution < -0.4 is 0 Å². The lowest BCUT2D eigenvalue weighted by Gasteiger charge is -2.25. The van der Waals surface area contributed by atoms with Crippen molar-refractivity contribution in [3.63, 3.8) is 0 Å². The third-order valence-corrected chi connectivity index (χ3v) is 2.45. The molecule has 2 nitrogen and oxygen atoms in total. The van der Waals surface area contributed by atoms with Gasteiger partial charge in [0.25, 0.3) is 0 Å². The number of alkyl halides is 1. The molecule has 64 valence electrons. The molecule has 1 fully saturated rings. The van der Waals surface area contributed by atoms with Gasteiger partial charge in [0.1, 0.15) is 6.10 Å². The zero-order chi connectivity index (χ0) is 8.27. The standard InChI is InChI=1S/C7H10Cl2O2/c8-5-3-1-2-4-6(5)11-7(9)10/h5-6H,1-4H2/t5-,6-/m1/s1. The molecule has 0 aromatic heterocycles. The molecule has 0 aromatic carbocycles. The molecule has 11 heavy (non-hydrogen) atoms. The molecular weight excluding hydrogens is 187 g/mol. The van der Waals surface area contributed by atoms with E-state index in [1.165, 1.54) is 0 Å². The molecule has 1 rings (SSSR count). The average molecular weight is 197 g/mol. The van der Waals surface area contributed by atoms with Crippen LogP contribution in [0.1, 0.15) is 25.7 Å². The van der Waals surface area contributed by atoms with Crippen molar-refractivity contribution in [2.24, 2.45) is 0 Å². The smallest absolute Gasteiger partial charge is 0.404 e. The van der Waals surface area contributed by atoms with E-state index in [0.717, 1.165) is 25.7 Å². The van der Waals surface area contributed by atoms with Crippen LogP contribution in [0.5, 0.6) is 0 Å². The van der Waals surface area contributed by atoms with E-state index in [1.807, 2.05) is 0 Å². The van der Waals surface area contributed by atoms with Crippen LogP contribution in [0.3, 0.4) is 0 Å². The second-order valence-corrected chi connectivity index (χ2v) is 3.56. The summed E-state index contributed by atoms with van der Waals surface area (Å²) in [5.74, 6) is 0. The molecule has 0 unspecified atom stereocenters. The number of carbonyl (C=O) groups is 1. The summed E-state index contributed by atoms with van der Waals surface area (Å²) in [6, 6.07) is 0. The maximum Gasteiger partial charge on any atom is 0.404 e. The topological polar surface area (TPSA) is 26.3 Å². The Labute approximate surface area is 75.8 Å². The van der Waals surface area contributed by atoms with E-state index >= 15 is 0 Å². The number of halogens is 2. The fraction of sp³-hybridized carbons (Fsp3) is 0.857. The third-order valence-electron chi connectivity index (χ3n) is 1.87. The molecule has 4 heteroatoms. The van der Waals surface area contributed by atoms with Gasteiger partial charge >= 0.3 is 5.43 Å². The molecule has 2 atom stereocenters. The number of hydrogen-bond acceptors (Lipinski definition) is 2.